The van der Waals surface area contributed by atoms with Crippen LogP contribution >= 0.6 is 23.2 Å². The van der Waals surface area contributed by atoms with Gasteiger partial charge in [0.05, 0.1) is 10.7 Å². The summed E-state index contributed by atoms with van der Waals surface area (Å²) in [4.78, 5) is 11.6. The average molecular weight is 325 g/mol. The van der Waals surface area contributed by atoms with Crippen LogP contribution in [0.15, 0.2) is 36.4 Å². The topological polar surface area (TPSA) is 61.4 Å². The number of phenols is 1. The third-order valence-corrected chi connectivity index (χ3v) is 3.53. The van der Waals surface area contributed by atoms with E-state index in [0.717, 1.165) is 0 Å². The summed E-state index contributed by atoms with van der Waals surface area (Å²) >= 11 is 12.0. The van der Waals surface area contributed by atoms with Gasteiger partial charge in [0.1, 0.15) is 5.75 Å². The highest BCUT2D eigenvalue weighted by Crippen LogP contribution is 2.26. The predicted octanol–water partition coefficient (Wildman–Crippen LogP) is 3.67. The average Bonchev–Trinajstić information content (AvgIpc) is 2.48. The molecule has 0 heterocycles. The van der Waals surface area contributed by atoms with Crippen LogP contribution in [0.3, 0.4) is 0 Å². The molecule has 0 spiro atoms. The fourth-order valence-corrected chi connectivity index (χ4v) is 2.21. The fourth-order valence-electron chi connectivity index (χ4n) is 1.83. The van der Waals surface area contributed by atoms with Crippen molar-refractivity contribution in [3.8, 4) is 5.75 Å². The van der Waals surface area contributed by atoms with E-state index in [2.05, 4.69) is 10.6 Å². The molecule has 6 heteroatoms. The quantitative estimate of drug-likeness (QED) is 0.804. The molecule has 0 unspecified atom stereocenters. The largest absolute Gasteiger partial charge is 0.508 e. The molecule has 4 nitrogen and oxygen atoms in total. The Hall–Kier alpha value is -1.91. The van der Waals surface area contributed by atoms with Crippen molar-refractivity contribution in [2.24, 2.45) is 0 Å². The van der Waals surface area contributed by atoms with Gasteiger partial charge in [-0.2, -0.15) is 0 Å². The summed E-state index contributed by atoms with van der Waals surface area (Å²) in [6, 6.07) is 9.75. The van der Waals surface area contributed by atoms with Crippen molar-refractivity contribution in [1.29, 1.82) is 0 Å². The van der Waals surface area contributed by atoms with Crippen molar-refractivity contribution in [2.75, 3.05) is 12.4 Å². The van der Waals surface area contributed by atoms with Crippen molar-refractivity contribution in [2.45, 2.75) is 6.54 Å². The normalized spacial score (nSPS) is 10.2. The molecule has 21 heavy (non-hydrogen) atoms. The number of carbonyl (C=O) groups excluding carboxylic acids is 1. The van der Waals surface area contributed by atoms with Gasteiger partial charge in [0.25, 0.3) is 5.91 Å². The Morgan fingerprint density at radius 1 is 1.19 bits per heavy atom. The lowest BCUT2D eigenvalue weighted by Crippen LogP contribution is -2.17. The molecule has 0 saturated carbocycles. The number of benzene rings is 2. The monoisotopic (exact) mass is 324 g/mol. The van der Waals surface area contributed by atoms with Gasteiger partial charge >= 0.3 is 0 Å². The minimum Gasteiger partial charge on any atom is -0.508 e. The minimum absolute atomic E-state index is 0.144. The first-order valence-corrected chi connectivity index (χ1v) is 6.99. The van der Waals surface area contributed by atoms with E-state index >= 15 is 0 Å². The molecule has 0 atom stereocenters. The molecule has 0 saturated heterocycles. The molecule has 110 valence electrons. The summed E-state index contributed by atoms with van der Waals surface area (Å²) in [5.41, 5.74) is 1.75. The van der Waals surface area contributed by atoms with Crippen LogP contribution in [0.2, 0.25) is 10.0 Å². The molecule has 3 N–H and O–H groups in total. The van der Waals surface area contributed by atoms with Crippen molar-refractivity contribution >= 4 is 34.8 Å². The van der Waals surface area contributed by atoms with Crippen molar-refractivity contribution < 1.29 is 9.90 Å². The van der Waals surface area contributed by atoms with Gasteiger partial charge < -0.3 is 15.7 Å². The Morgan fingerprint density at radius 2 is 1.95 bits per heavy atom. The van der Waals surface area contributed by atoms with Gasteiger partial charge in [-0.15, -0.1) is 0 Å². The first kappa shape index (κ1) is 15.5. The molecule has 0 aliphatic carbocycles. The van der Waals surface area contributed by atoms with E-state index in [9.17, 15) is 9.90 Å². The number of amides is 1. The minimum atomic E-state index is -0.194. The molecule has 2 aromatic carbocycles. The van der Waals surface area contributed by atoms with E-state index in [1.54, 1.807) is 37.4 Å². The number of hydrogen-bond donors (Lipinski definition) is 3. The van der Waals surface area contributed by atoms with Gasteiger partial charge in [-0.1, -0.05) is 23.2 Å². The third-order valence-electron chi connectivity index (χ3n) is 2.97. The first-order valence-electron chi connectivity index (χ1n) is 6.24. The maximum absolute atomic E-state index is 11.6. The van der Waals surface area contributed by atoms with Crippen molar-refractivity contribution in [3.05, 3.63) is 57.6 Å². The van der Waals surface area contributed by atoms with Crippen LogP contribution in [0.4, 0.5) is 5.69 Å². The summed E-state index contributed by atoms with van der Waals surface area (Å²) in [7, 11) is 1.56. The number of anilines is 1. The Balaban J connectivity index is 2.19. The second-order valence-electron chi connectivity index (χ2n) is 4.40. The van der Waals surface area contributed by atoms with Crippen LogP contribution in [0, 0.1) is 0 Å². The first-order chi connectivity index (χ1) is 10.0. The fraction of sp³-hybridized carbons (Fsp3) is 0.133. The number of hydrogen-bond acceptors (Lipinski definition) is 3. The predicted molar refractivity (Wildman–Crippen MR) is 85.3 cm³/mol. The van der Waals surface area contributed by atoms with Gasteiger partial charge in [-0.05, 0) is 36.4 Å². The lowest BCUT2D eigenvalue weighted by atomic mass is 10.1. The molecule has 0 aliphatic rings. The summed E-state index contributed by atoms with van der Waals surface area (Å²) in [5, 5.41) is 16.4. The SMILES string of the molecule is CNC(=O)c1ccc(Cl)c(NCc2cc(Cl)ccc2O)c1. The molecular weight excluding hydrogens is 311 g/mol. The van der Waals surface area contributed by atoms with Gasteiger partial charge in [0.15, 0.2) is 0 Å². The zero-order chi connectivity index (χ0) is 15.4. The molecule has 0 aromatic heterocycles. The number of halogens is 2. The number of phenolic OH excluding ortho intramolecular Hbond substituents is 1. The van der Waals surface area contributed by atoms with Gasteiger partial charge in [0, 0.05) is 29.7 Å². The van der Waals surface area contributed by atoms with Crippen molar-refractivity contribution in [3.63, 3.8) is 0 Å². The van der Waals surface area contributed by atoms with Crippen LogP contribution in [0.1, 0.15) is 15.9 Å². The Labute approximate surface area is 132 Å². The highest BCUT2D eigenvalue weighted by molar-refractivity contribution is 6.33. The van der Waals surface area contributed by atoms with Crippen LogP contribution in [0.25, 0.3) is 0 Å². The maximum Gasteiger partial charge on any atom is 0.251 e. The number of aromatic hydroxyl groups is 1. The van der Waals surface area contributed by atoms with Gasteiger partial charge in [-0.25, -0.2) is 0 Å². The molecule has 2 aromatic rings. The summed E-state index contributed by atoms with van der Waals surface area (Å²) < 4.78 is 0. The molecule has 0 bridgehead atoms. The smallest absolute Gasteiger partial charge is 0.251 e. The van der Waals surface area contributed by atoms with E-state index in [1.807, 2.05) is 0 Å². The maximum atomic E-state index is 11.6. The standard InChI is InChI=1S/C15H14Cl2N2O2/c1-18-15(21)9-2-4-12(17)13(7-9)19-8-10-6-11(16)3-5-14(10)20/h2-7,19-20H,8H2,1H3,(H,18,21). The molecule has 0 fully saturated rings. The summed E-state index contributed by atoms with van der Waals surface area (Å²) in [6.45, 7) is 0.337. The zero-order valence-corrected chi connectivity index (χ0v) is 12.8. The summed E-state index contributed by atoms with van der Waals surface area (Å²) in [6.07, 6.45) is 0. The zero-order valence-electron chi connectivity index (χ0n) is 11.3. The molecule has 0 aliphatic heterocycles. The van der Waals surface area contributed by atoms with E-state index in [-0.39, 0.29) is 11.7 Å². The van der Waals surface area contributed by atoms with E-state index < -0.39 is 0 Å². The summed E-state index contributed by atoms with van der Waals surface area (Å²) in [5.74, 6) is -0.0502. The number of rotatable bonds is 4. The van der Waals surface area contributed by atoms with E-state index in [4.69, 9.17) is 23.2 Å². The van der Waals surface area contributed by atoms with Gasteiger partial charge in [0.2, 0.25) is 0 Å². The molecule has 1 amide bonds. The highest BCUT2D eigenvalue weighted by atomic mass is 35.5. The van der Waals surface area contributed by atoms with Crippen molar-refractivity contribution in [1.82, 2.24) is 5.32 Å². The molecule has 0 radical (unpaired) electrons. The molecule has 2 rings (SSSR count). The van der Waals surface area contributed by atoms with Gasteiger partial charge in [-0.3, -0.25) is 4.79 Å². The van der Waals surface area contributed by atoms with E-state index in [0.29, 0.717) is 33.4 Å². The Kier molecular flexibility index (Phi) is 4.94. The number of carbonyl (C=O) groups is 1. The number of nitrogens with one attached hydrogen (secondary N) is 2. The highest BCUT2D eigenvalue weighted by Gasteiger charge is 2.08. The van der Waals surface area contributed by atoms with Crippen LogP contribution in [-0.4, -0.2) is 18.1 Å². The second-order valence-corrected chi connectivity index (χ2v) is 5.24. The van der Waals surface area contributed by atoms with Crippen LogP contribution < -0.4 is 10.6 Å². The molecular formula is C15H14Cl2N2O2. The third kappa shape index (κ3) is 3.80. The lowest BCUT2D eigenvalue weighted by Gasteiger charge is -2.11. The van der Waals surface area contributed by atoms with Crippen LogP contribution in [0.5, 0.6) is 5.75 Å². The van der Waals surface area contributed by atoms with E-state index in [1.165, 1.54) is 6.07 Å². The lowest BCUT2D eigenvalue weighted by molar-refractivity contribution is 0.0963. The van der Waals surface area contributed by atoms with Crippen LogP contribution in [-0.2, 0) is 6.54 Å². The second kappa shape index (κ2) is 6.70. The Bertz CT molecular complexity index is 675. The Morgan fingerprint density at radius 3 is 2.67 bits per heavy atom.